The maximum atomic E-state index is 9.79. The van der Waals surface area contributed by atoms with Crippen molar-refractivity contribution >= 4 is 28.3 Å². The highest BCUT2D eigenvalue weighted by Crippen LogP contribution is 2.12. The number of hydrogen-bond acceptors (Lipinski definition) is 4. The van der Waals surface area contributed by atoms with E-state index in [4.69, 9.17) is 9.47 Å². The van der Waals surface area contributed by atoms with Gasteiger partial charge in [-0.25, -0.2) is 0 Å². The van der Waals surface area contributed by atoms with Gasteiger partial charge in [-0.1, -0.05) is 19.4 Å². The Balaban J connectivity index is 2.01. The molecule has 0 aliphatic heterocycles. The molecular formula is C15H24INO3. The molecule has 5 heteroatoms. The molecule has 0 saturated heterocycles. The van der Waals surface area contributed by atoms with Gasteiger partial charge in [0.1, 0.15) is 0 Å². The van der Waals surface area contributed by atoms with Gasteiger partial charge in [0.2, 0.25) is 0 Å². The molecule has 0 radical (unpaired) electrons. The van der Waals surface area contributed by atoms with Crippen LogP contribution in [0.2, 0.25) is 0 Å². The Morgan fingerprint density at radius 1 is 1.25 bits per heavy atom. The lowest BCUT2D eigenvalue weighted by atomic mass is 10.3. The van der Waals surface area contributed by atoms with E-state index in [1.807, 2.05) is 24.3 Å². The van der Waals surface area contributed by atoms with Crippen LogP contribution in [0.25, 0.3) is 0 Å². The van der Waals surface area contributed by atoms with Crippen molar-refractivity contribution < 1.29 is 14.6 Å². The molecule has 0 amide bonds. The second-order valence-electron chi connectivity index (χ2n) is 4.59. The van der Waals surface area contributed by atoms with Crippen LogP contribution in [-0.4, -0.2) is 44.2 Å². The SMILES string of the molecule is CCCCOCCOCC(O)CNc1cccc(I)c1. The first kappa shape index (κ1) is 17.7. The average Bonchev–Trinajstić information content (AvgIpc) is 2.44. The molecule has 20 heavy (non-hydrogen) atoms. The van der Waals surface area contributed by atoms with Gasteiger partial charge in [0, 0.05) is 22.4 Å². The molecule has 0 aliphatic carbocycles. The number of aliphatic hydroxyl groups excluding tert-OH is 1. The lowest BCUT2D eigenvalue weighted by molar-refractivity contribution is 0.00749. The molecule has 1 aromatic carbocycles. The normalized spacial score (nSPS) is 12.3. The van der Waals surface area contributed by atoms with E-state index < -0.39 is 6.10 Å². The zero-order chi connectivity index (χ0) is 14.6. The molecule has 1 atom stereocenters. The standard InChI is InChI=1S/C15H24INO3/c1-2-3-7-19-8-9-20-12-15(18)11-17-14-6-4-5-13(16)10-14/h4-6,10,15,17-18H,2-3,7-9,11-12H2,1H3. The van der Waals surface area contributed by atoms with Crippen LogP contribution in [0.4, 0.5) is 5.69 Å². The van der Waals surface area contributed by atoms with Gasteiger partial charge >= 0.3 is 0 Å². The Morgan fingerprint density at radius 3 is 2.80 bits per heavy atom. The topological polar surface area (TPSA) is 50.7 Å². The van der Waals surface area contributed by atoms with Crippen molar-refractivity contribution in [2.45, 2.75) is 25.9 Å². The third-order valence-electron chi connectivity index (χ3n) is 2.69. The fraction of sp³-hybridized carbons (Fsp3) is 0.600. The third kappa shape index (κ3) is 8.73. The maximum absolute atomic E-state index is 9.79. The van der Waals surface area contributed by atoms with Crippen LogP contribution >= 0.6 is 22.6 Å². The summed E-state index contributed by atoms with van der Waals surface area (Å²) in [6.45, 7) is 4.86. The van der Waals surface area contributed by atoms with Crippen molar-refractivity contribution in [3.63, 3.8) is 0 Å². The molecule has 0 aromatic heterocycles. The number of unbranched alkanes of at least 4 members (excludes halogenated alkanes) is 1. The van der Waals surface area contributed by atoms with Crippen LogP contribution in [-0.2, 0) is 9.47 Å². The number of benzene rings is 1. The number of hydrogen-bond donors (Lipinski definition) is 2. The van der Waals surface area contributed by atoms with Gasteiger partial charge in [0.25, 0.3) is 0 Å². The van der Waals surface area contributed by atoms with Crippen LogP contribution in [0.5, 0.6) is 0 Å². The van der Waals surface area contributed by atoms with Crippen LogP contribution in [0.15, 0.2) is 24.3 Å². The highest BCUT2D eigenvalue weighted by atomic mass is 127. The van der Waals surface area contributed by atoms with Gasteiger partial charge in [-0.05, 0) is 47.2 Å². The lowest BCUT2D eigenvalue weighted by Gasteiger charge is -2.13. The largest absolute Gasteiger partial charge is 0.389 e. The second-order valence-corrected chi connectivity index (χ2v) is 5.83. The van der Waals surface area contributed by atoms with Crippen molar-refractivity contribution in [1.82, 2.24) is 0 Å². The van der Waals surface area contributed by atoms with E-state index in [1.54, 1.807) is 0 Å². The van der Waals surface area contributed by atoms with Gasteiger partial charge < -0.3 is 19.9 Å². The number of anilines is 1. The Hall–Kier alpha value is -0.370. The first-order valence-corrected chi connectivity index (χ1v) is 8.13. The minimum atomic E-state index is -0.511. The van der Waals surface area contributed by atoms with E-state index in [0.29, 0.717) is 26.4 Å². The van der Waals surface area contributed by atoms with Gasteiger partial charge in [0.05, 0.1) is 25.9 Å². The molecule has 1 rings (SSSR count). The van der Waals surface area contributed by atoms with Crippen molar-refractivity contribution in [1.29, 1.82) is 0 Å². The van der Waals surface area contributed by atoms with Crippen LogP contribution in [0.3, 0.4) is 0 Å². The monoisotopic (exact) mass is 393 g/mol. The Labute approximate surface area is 135 Å². The number of ether oxygens (including phenoxy) is 2. The Bertz CT molecular complexity index is 363. The predicted octanol–water partition coefficient (Wildman–Crippen LogP) is 2.90. The summed E-state index contributed by atoms with van der Waals surface area (Å²) < 4.78 is 11.9. The van der Waals surface area contributed by atoms with E-state index in [2.05, 4.69) is 34.8 Å². The fourth-order valence-corrected chi connectivity index (χ4v) is 2.12. The molecule has 0 fully saturated rings. The molecule has 0 spiro atoms. The molecule has 0 heterocycles. The molecule has 0 aliphatic rings. The fourth-order valence-electron chi connectivity index (χ4n) is 1.58. The quantitative estimate of drug-likeness (QED) is 0.449. The summed E-state index contributed by atoms with van der Waals surface area (Å²) >= 11 is 2.26. The summed E-state index contributed by atoms with van der Waals surface area (Å²) in [6, 6.07) is 8.04. The Morgan fingerprint density at radius 2 is 2.05 bits per heavy atom. The third-order valence-corrected chi connectivity index (χ3v) is 3.36. The van der Waals surface area contributed by atoms with Crippen LogP contribution in [0.1, 0.15) is 19.8 Å². The second kappa shape index (κ2) is 11.3. The summed E-state index contributed by atoms with van der Waals surface area (Å²) in [5, 5.41) is 13.0. The van der Waals surface area contributed by atoms with Crippen molar-refractivity contribution in [2.75, 3.05) is 38.3 Å². The molecule has 2 N–H and O–H groups in total. The van der Waals surface area contributed by atoms with Crippen molar-refractivity contribution in [3.8, 4) is 0 Å². The Kier molecular flexibility index (Phi) is 10.00. The molecule has 4 nitrogen and oxygen atoms in total. The zero-order valence-corrected chi connectivity index (χ0v) is 14.1. The predicted molar refractivity (Wildman–Crippen MR) is 90.2 cm³/mol. The first-order chi connectivity index (χ1) is 9.72. The number of halogens is 1. The summed E-state index contributed by atoms with van der Waals surface area (Å²) in [4.78, 5) is 0. The minimum absolute atomic E-state index is 0.327. The number of rotatable bonds is 11. The van der Waals surface area contributed by atoms with E-state index >= 15 is 0 Å². The van der Waals surface area contributed by atoms with Crippen LogP contribution in [0, 0.1) is 3.57 Å². The lowest BCUT2D eigenvalue weighted by Crippen LogP contribution is -2.25. The molecule has 1 aromatic rings. The van der Waals surface area contributed by atoms with E-state index in [0.717, 1.165) is 25.1 Å². The van der Waals surface area contributed by atoms with Gasteiger partial charge in [-0.15, -0.1) is 0 Å². The number of aliphatic hydroxyl groups is 1. The molecule has 1 unspecified atom stereocenters. The zero-order valence-electron chi connectivity index (χ0n) is 12.0. The van der Waals surface area contributed by atoms with Crippen molar-refractivity contribution in [3.05, 3.63) is 27.8 Å². The minimum Gasteiger partial charge on any atom is -0.389 e. The van der Waals surface area contributed by atoms with Crippen LogP contribution < -0.4 is 5.32 Å². The summed E-state index contributed by atoms with van der Waals surface area (Å²) in [5.74, 6) is 0. The number of nitrogens with one attached hydrogen (secondary N) is 1. The molecular weight excluding hydrogens is 369 g/mol. The first-order valence-electron chi connectivity index (χ1n) is 7.05. The van der Waals surface area contributed by atoms with E-state index in [-0.39, 0.29) is 0 Å². The average molecular weight is 393 g/mol. The van der Waals surface area contributed by atoms with Gasteiger partial charge in [-0.3, -0.25) is 0 Å². The molecule has 0 bridgehead atoms. The summed E-state index contributed by atoms with van der Waals surface area (Å²) in [5.41, 5.74) is 1.01. The van der Waals surface area contributed by atoms with Gasteiger partial charge in [0.15, 0.2) is 0 Å². The van der Waals surface area contributed by atoms with E-state index in [1.165, 1.54) is 3.57 Å². The highest BCUT2D eigenvalue weighted by Gasteiger charge is 2.04. The summed E-state index contributed by atoms with van der Waals surface area (Å²) in [7, 11) is 0. The molecule has 0 saturated carbocycles. The van der Waals surface area contributed by atoms with Gasteiger partial charge in [-0.2, -0.15) is 0 Å². The van der Waals surface area contributed by atoms with E-state index in [9.17, 15) is 5.11 Å². The summed E-state index contributed by atoms with van der Waals surface area (Å²) in [6.07, 6.45) is 1.72. The smallest absolute Gasteiger partial charge is 0.0945 e. The molecule has 114 valence electrons. The van der Waals surface area contributed by atoms with Crippen molar-refractivity contribution in [2.24, 2.45) is 0 Å². The maximum Gasteiger partial charge on any atom is 0.0945 e. The highest BCUT2D eigenvalue weighted by molar-refractivity contribution is 14.1.